The zero-order chi connectivity index (χ0) is 15.8. The lowest BCUT2D eigenvalue weighted by atomic mass is 10.1. The van der Waals surface area contributed by atoms with Crippen LogP contribution >= 0.6 is 48.6 Å². The third-order valence-electron chi connectivity index (χ3n) is 4.12. The van der Waals surface area contributed by atoms with E-state index in [0.717, 1.165) is 75.7 Å². The smallest absolute Gasteiger partial charge is 0.222 e. The molecule has 0 radical (unpaired) electrons. The summed E-state index contributed by atoms with van der Waals surface area (Å²) in [5.74, 6) is 0.317. The molecule has 2 rings (SSSR count). The van der Waals surface area contributed by atoms with E-state index in [2.05, 4.69) is 15.3 Å². The van der Waals surface area contributed by atoms with Crippen LogP contribution in [0.25, 0.3) is 0 Å². The summed E-state index contributed by atoms with van der Waals surface area (Å²) in [5, 5.41) is 3.26. The lowest BCUT2D eigenvalue weighted by Crippen LogP contribution is -2.48. The van der Waals surface area contributed by atoms with Crippen LogP contribution in [0.15, 0.2) is 5.38 Å². The van der Waals surface area contributed by atoms with Crippen LogP contribution in [0.1, 0.15) is 42.8 Å². The Balaban J connectivity index is 0. The molecule has 0 atom stereocenters. The maximum Gasteiger partial charge on any atom is 0.222 e. The van der Waals surface area contributed by atoms with Crippen molar-refractivity contribution in [3.63, 3.8) is 0 Å². The molecule has 1 aromatic rings. The van der Waals surface area contributed by atoms with Gasteiger partial charge in [-0.2, -0.15) is 0 Å². The van der Waals surface area contributed by atoms with Crippen molar-refractivity contribution in [2.75, 3.05) is 32.7 Å². The van der Waals surface area contributed by atoms with Gasteiger partial charge in [-0.25, -0.2) is 4.98 Å². The van der Waals surface area contributed by atoms with Gasteiger partial charge in [0.2, 0.25) is 5.91 Å². The number of rotatable bonds is 8. The van der Waals surface area contributed by atoms with Gasteiger partial charge in [-0.15, -0.1) is 48.6 Å². The highest BCUT2D eigenvalue weighted by atomic mass is 35.5. The zero-order valence-electron chi connectivity index (χ0n) is 14.8. The minimum Gasteiger partial charge on any atom is -0.340 e. The number of nitrogens with two attached hydrogens (primary N) is 1. The molecule has 0 unspecified atom stereocenters. The Bertz CT molecular complexity index is 468. The number of aromatic nitrogens is 1. The summed E-state index contributed by atoms with van der Waals surface area (Å²) in [6.45, 7) is 7.32. The number of halogens is 3. The summed E-state index contributed by atoms with van der Waals surface area (Å²) in [6, 6.07) is 0. The first-order valence-electron chi connectivity index (χ1n) is 8.30. The maximum atomic E-state index is 12.2. The molecule has 1 aliphatic rings. The van der Waals surface area contributed by atoms with E-state index in [-0.39, 0.29) is 37.2 Å². The van der Waals surface area contributed by atoms with E-state index < -0.39 is 0 Å². The molecule has 2 heterocycles. The van der Waals surface area contributed by atoms with E-state index in [1.54, 1.807) is 11.3 Å². The van der Waals surface area contributed by atoms with Crippen LogP contribution < -0.4 is 5.73 Å². The second kappa shape index (κ2) is 15.0. The molecule has 148 valence electrons. The molecule has 1 aliphatic heterocycles. The number of piperazine rings is 1. The van der Waals surface area contributed by atoms with Gasteiger partial charge in [0.05, 0.1) is 10.7 Å². The Morgan fingerprint density at radius 1 is 1.12 bits per heavy atom. The van der Waals surface area contributed by atoms with E-state index in [4.69, 9.17) is 5.73 Å². The van der Waals surface area contributed by atoms with Crippen molar-refractivity contribution in [2.45, 2.75) is 45.6 Å². The van der Waals surface area contributed by atoms with Crippen molar-refractivity contribution in [1.82, 2.24) is 14.8 Å². The average molecular weight is 434 g/mol. The molecule has 0 aliphatic carbocycles. The minimum atomic E-state index is 0. The van der Waals surface area contributed by atoms with Crippen molar-refractivity contribution in [3.05, 3.63) is 16.1 Å². The molecule has 0 aromatic carbocycles. The molecule has 5 nitrogen and oxygen atoms in total. The van der Waals surface area contributed by atoms with Gasteiger partial charge >= 0.3 is 0 Å². The monoisotopic (exact) mass is 432 g/mol. The number of aryl methyl sites for hydroxylation is 1. The Morgan fingerprint density at radius 2 is 1.76 bits per heavy atom. The van der Waals surface area contributed by atoms with E-state index in [9.17, 15) is 4.79 Å². The van der Waals surface area contributed by atoms with Crippen LogP contribution in [0, 0.1) is 6.92 Å². The van der Waals surface area contributed by atoms with Crippen LogP contribution in [-0.4, -0.2) is 53.4 Å². The van der Waals surface area contributed by atoms with E-state index in [1.165, 1.54) is 0 Å². The van der Waals surface area contributed by atoms with Gasteiger partial charge in [0, 0.05) is 44.5 Å². The molecule has 2 N–H and O–H groups in total. The predicted octanol–water partition coefficient (Wildman–Crippen LogP) is 3.27. The first kappa shape index (κ1) is 27.1. The third kappa shape index (κ3) is 9.97. The Kier molecular flexibility index (Phi) is 16.3. The van der Waals surface area contributed by atoms with Crippen molar-refractivity contribution >= 4 is 54.5 Å². The topological polar surface area (TPSA) is 62.5 Å². The SMILES string of the molecule is Cc1nc(CN2CCN(C(=O)CCCCCCN)CC2)cs1.Cl.Cl.Cl. The standard InChI is InChI=1S/C16H28N4OS.3ClH/c1-14-18-15(13-22-14)12-19-8-10-20(11-9-19)16(21)6-4-2-3-5-7-17;;;/h13H,2-12,17H2,1H3;3*1H. The van der Waals surface area contributed by atoms with Crippen LogP contribution in [0.3, 0.4) is 0 Å². The summed E-state index contributed by atoms with van der Waals surface area (Å²) < 4.78 is 0. The highest BCUT2D eigenvalue weighted by Gasteiger charge is 2.21. The van der Waals surface area contributed by atoms with Crippen LogP contribution in [0.4, 0.5) is 0 Å². The fourth-order valence-corrected chi connectivity index (χ4v) is 3.40. The normalized spacial score (nSPS) is 14.2. The van der Waals surface area contributed by atoms with Gasteiger partial charge < -0.3 is 10.6 Å². The first-order chi connectivity index (χ1) is 10.7. The first-order valence-corrected chi connectivity index (χ1v) is 9.18. The maximum absolute atomic E-state index is 12.2. The molecule has 9 heteroatoms. The molecule has 25 heavy (non-hydrogen) atoms. The van der Waals surface area contributed by atoms with Crippen molar-refractivity contribution in [3.8, 4) is 0 Å². The van der Waals surface area contributed by atoms with Gasteiger partial charge in [-0.1, -0.05) is 12.8 Å². The second-order valence-corrected chi connectivity index (χ2v) is 7.03. The summed E-state index contributed by atoms with van der Waals surface area (Å²) in [7, 11) is 0. The van der Waals surface area contributed by atoms with E-state index >= 15 is 0 Å². The van der Waals surface area contributed by atoms with Crippen LogP contribution in [0.5, 0.6) is 0 Å². The Hall–Kier alpha value is -0.110. The number of amides is 1. The molecule has 1 fully saturated rings. The van der Waals surface area contributed by atoms with E-state index in [1.807, 2.05) is 11.8 Å². The number of carbonyl (C=O) groups excluding carboxylic acids is 1. The average Bonchev–Trinajstić information content (AvgIpc) is 2.93. The summed E-state index contributed by atoms with van der Waals surface area (Å²) in [5.41, 5.74) is 6.63. The fraction of sp³-hybridized carbons (Fsp3) is 0.750. The van der Waals surface area contributed by atoms with Crippen molar-refractivity contribution in [1.29, 1.82) is 0 Å². The lowest BCUT2D eigenvalue weighted by molar-refractivity contribution is -0.133. The lowest BCUT2D eigenvalue weighted by Gasteiger charge is -2.34. The van der Waals surface area contributed by atoms with Crippen LogP contribution in [0.2, 0.25) is 0 Å². The zero-order valence-corrected chi connectivity index (χ0v) is 18.1. The number of nitrogens with zero attached hydrogens (tertiary/aromatic N) is 3. The highest BCUT2D eigenvalue weighted by Crippen LogP contribution is 2.13. The molecule has 1 amide bonds. The minimum absolute atomic E-state index is 0. The largest absolute Gasteiger partial charge is 0.340 e. The van der Waals surface area contributed by atoms with Crippen molar-refractivity contribution < 1.29 is 4.79 Å². The van der Waals surface area contributed by atoms with E-state index in [0.29, 0.717) is 12.3 Å². The van der Waals surface area contributed by atoms with Crippen LogP contribution in [-0.2, 0) is 11.3 Å². The quantitative estimate of drug-likeness (QED) is 0.639. The van der Waals surface area contributed by atoms with Gasteiger partial charge in [0.25, 0.3) is 0 Å². The fourth-order valence-electron chi connectivity index (χ4n) is 2.80. The highest BCUT2D eigenvalue weighted by molar-refractivity contribution is 7.09. The molecule has 0 bridgehead atoms. The number of hydrogen-bond acceptors (Lipinski definition) is 5. The summed E-state index contributed by atoms with van der Waals surface area (Å²) in [6.07, 6.45) is 5.02. The molecular weight excluding hydrogens is 403 g/mol. The molecule has 1 aromatic heterocycles. The Morgan fingerprint density at radius 3 is 2.32 bits per heavy atom. The van der Waals surface area contributed by atoms with Crippen molar-refractivity contribution in [2.24, 2.45) is 5.73 Å². The predicted molar refractivity (Wildman–Crippen MR) is 113 cm³/mol. The summed E-state index contributed by atoms with van der Waals surface area (Å²) >= 11 is 1.70. The second-order valence-electron chi connectivity index (χ2n) is 5.97. The molecule has 1 saturated heterocycles. The summed E-state index contributed by atoms with van der Waals surface area (Å²) in [4.78, 5) is 21.1. The molecule has 0 saturated carbocycles. The number of unbranched alkanes of at least 4 members (excludes halogenated alkanes) is 3. The van der Waals surface area contributed by atoms with Gasteiger partial charge in [-0.05, 0) is 26.3 Å². The molecule has 0 spiro atoms. The number of thiazole rings is 1. The number of hydrogen-bond donors (Lipinski definition) is 1. The van der Waals surface area contributed by atoms with Gasteiger partial charge in [0.1, 0.15) is 0 Å². The number of carbonyl (C=O) groups is 1. The molecular formula is C16H31Cl3N4OS. The third-order valence-corrected chi connectivity index (χ3v) is 4.94. The van der Waals surface area contributed by atoms with Gasteiger partial charge in [-0.3, -0.25) is 9.69 Å². The Labute approximate surface area is 174 Å². The van der Waals surface area contributed by atoms with Gasteiger partial charge in [0.15, 0.2) is 0 Å².